The average Bonchev–Trinajstić information content (AvgIpc) is 2.55. The molecule has 1 aromatic carbocycles. The van der Waals surface area contributed by atoms with Crippen molar-refractivity contribution in [3.8, 4) is 0 Å². The summed E-state index contributed by atoms with van der Waals surface area (Å²) in [6.45, 7) is 0. The van der Waals surface area contributed by atoms with Crippen LogP contribution in [-0.4, -0.2) is 15.1 Å². The minimum Gasteiger partial charge on any atom is -0.441 e. The molecule has 1 aromatic rings. The predicted molar refractivity (Wildman–Crippen MR) is 88.4 cm³/mol. The lowest BCUT2D eigenvalue weighted by Crippen LogP contribution is -2.62. The molecule has 23 heavy (non-hydrogen) atoms. The standard InChI is InChI=1S/C19H20O3S/c20-18-11-17(14-4-2-1-3-5-14)23(21)19(22-18)15-7-12-6-13(9-15)10-16(19)8-12/h1-5,11-13,15-16H,6-10H2. The zero-order chi connectivity index (χ0) is 15.6. The molecule has 1 spiro atoms. The normalized spacial score (nSPS) is 44.3. The monoisotopic (exact) mass is 328 g/mol. The Kier molecular flexibility index (Phi) is 2.91. The molecule has 120 valence electrons. The second kappa shape index (κ2) is 4.79. The van der Waals surface area contributed by atoms with Crippen LogP contribution in [0.3, 0.4) is 0 Å². The van der Waals surface area contributed by atoms with Gasteiger partial charge in [-0.1, -0.05) is 30.3 Å². The Balaban J connectivity index is 1.61. The highest BCUT2D eigenvalue weighted by atomic mass is 32.2. The largest absolute Gasteiger partial charge is 0.441 e. The Morgan fingerprint density at radius 1 is 0.957 bits per heavy atom. The first-order valence-corrected chi connectivity index (χ1v) is 9.73. The van der Waals surface area contributed by atoms with E-state index in [4.69, 9.17) is 4.74 Å². The number of ether oxygens (including phenoxy) is 1. The molecule has 0 N–H and O–H groups in total. The Morgan fingerprint density at radius 3 is 2.17 bits per heavy atom. The molecule has 6 rings (SSSR count). The van der Waals surface area contributed by atoms with Crippen LogP contribution < -0.4 is 0 Å². The van der Waals surface area contributed by atoms with Crippen molar-refractivity contribution < 1.29 is 13.7 Å². The molecule has 0 aromatic heterocycles. The lowest BCUT2D eigenvalue weighted by Gasteiger charge is -2.59. The Labute approximate surface area is 138 Å². The van der Waals surface area contributed by atoms with Gasteiger partial charge >= 0.3 is 5.97 Å². The van der Waals surface area contributed by atoms with Crippen molar-refractivity contribution in [2.45, 2.75) is 37.0 Å². The number of carbonyl (C=O) groups excluding carboxylic acids is 1. The number of esters is 1. The topological polar surface area (TPSA) is 43.4 Å². The van der Waals surface area contributed by atoms with Crippen LogP contribution in [0.2, 0.25) is 0 Å². The average molecular weight is 328 g/mol. The van der Waals surface area contributed by atoms with Gasteiger partial charge in [-0.25, -0.2) is 4.79 Å². The zero-order valence-corrected chi connectivity index (χ0v) is 13.8. The van der Waals surface area contributed by atoms with Crippen LogP contribution in [0.4, 0.5) is 0 Å². The Bertz CT molecular complexity index is 693. The number of benzene rings is 1. The summed E-state index contributed by atoms with van der Waals surface area (Å²) in [4.78, 5) is 12.3. The van der Waals surface area contributed by atoms with Gasteiger partial charge in [0.2, 0.25) is 0 Å². The summed E-state index contributed by atoms with van der Waals surface area (Å²) in [5.41, 5.74) is 0.885. The van der Waals surface area contributed by atoms with E-state index in [0.29, 0.717) is 4.91 Å². The fourth-order valence-electron chi connectivity index (χ4n) is 5.66. The van der Waals surface area contributed by atoms with Gasteiger partial charge < -0.3 is 4.74 Å². The summed E-state index contributed by atoms with van der Waals surface area (Å²) in [6.07, 6.45) is 7.08. The highest BCUT2D eigenvalue weighted by molar-refractivity contribution is 7.96. The third-order valence-corrected chi connectivity index (χ3v) is 8.42. The smallest absolute Gasteiger partial charge is 0.333 e. The van der Waals surface area contributed by atoms with Crippen molar-refractivity contribution in [3.05, 3.63) is 42.0 Å². The lowest BCUT2D eigenvalue weighted by atomic mass is 9.54. The number of hydrogen-bond donors (Lipinski definition) is 0. The molecule has 1 heterocycles. The number of rotatable bonds is 1. The van der Waals surface area contributed by atoms with E-state index >= 15 is 0 Å². The van der Waals surface area contributed by atoms with Crippen molar-refractivity contribution in [2.75, 3.05) is 0 Å². The van der Waals surface area contributed by atoms with Crippen LogP contribution in [0.25, 0.3) is 4.91 Å². The minimum absolute atomic E-state index is 0.274. The molecule has 0 saturated heterocycles. The first kappa shape index (κ1) is 14.0. The van der Waals surface area contributed by atoms with Crippen LogP contribution in [0.1, 0.15) is 37.7 Å². The van der Waals surface area contributed by atoms with Crippen LogP contribution in [0, 0.1) is 23.7 Å². The summed E-state index contributed by atoms with van der Waals surface area (Å²) >= 11 is 0. The quantitative estimate of drug-likeness (QED) is 0.741. The van der Waals surface area contributed by atoms with Crippen LogP contribution in [-0.2, 0) is 20.3 Å². The van der Waals surface area contributed by atoms with Gasteiger partial charge in [0.25, 0.3) is 0 Å². The third-order valence-electron chi connectivity index (χ3n) is 6.33. The van der Waals surface area contributed by atoms with Crippen LogP contribution in [0.5, 0.6) is 0 Å². The SMILES string of the molecule is O=C1C=C(c2ccccc2)S(=O)C2(O1)C1CC3CC(C1)CC2C3. The molecule has 1 aliphatic heterocycles. The van der Waals surface area contributed by atoms with E-state index in [-0.39, 0.29) is 17.8 Å². The molecular weight excluding hydrogens is 308 g/mol. The minimum atomic E-state index is -1.28. The fourth-order valence-corrected chi connectivity index (χ4v) is 7.71. The maximum atomic E-state index is 13.5. The van der Waals surface area contributed by atoms with Gasteiger partial charge in [0, 0.05) is 17.9 Å². The molecule has 4 heteroatoms. The summed E-state index contributed by atoms with van der Waals surface area (Å²) < 4.78 is 19.4. The summed E-state index contributed by atoms with van der Waals surface area (Å²) in [6, 6.07) is 9.67. The predicted octanol–water partition coefficient (Wildman–Crippen LogP) is 3.49. The van der Waals surface area contributed by atoms with Crippen molar-refractivity contribution in [2.24, 2.45) is 23.7 Å². The third kappa shape index (κ3) is 1.87. The maximum absolute atomic E-state index is 13.5. The highest BCUT2D eigenvalue weighted by Gasteiger charge is 2.64. The highest BCUT2D eigenvalue weighted by Crippen LogP contribution is 2.62. The van der Waals surface area contributed by atoms with E-state index in [9.17, 15) is 9.00 Å². The molecule has 0 radical (unpaired) electrons. The maximum Gasteiger partial charge on any atom is 0.333 e. The summed E-state index contributed by atoms with van der Waals surface area (Å²) in [5.74, 6) is 1.75. The fraction of sp³-hybridized carbons (Fsp3) is 0.526. The van der Waals surface area contributed by atoms with Crippen LogP contribution in [0.15, 0.2) is 36.4 Å². The second-order valence-corrected chi connectivity index (χ2v) is 9.21. The number of hydrogen-bond acceptors (Lipinski definition) is 3. The first-order chi connectivity index (χ1) is 11.2. The molecule has 1 atom stereocenters. The molecule has 4 bridgehead atoms. The molecule has 4 aliphatic carbocycles. The molecule has 4 fully saturated rings. The van der Waals surface area contributed by atoms with Gasteiger partial charge in [-0.2, -0.15) is 0 Å². The van der Waals surface area contributed by atoms with Gasteiger partial charge in [0.1, 0.15) is 0 Å². The van der Waals surface area contributed by atoms with E-state index in [2.05, 4.69) is 0 Å². The number of carbonyl (C=O) groups is 1. The van der Waals surface area contributed by atoms with E-state index in [1.165, 1.54) is 12.5 Å². The van der Waals surface area contributed by atoms with Gasteiger partial charge in [-0.3, -0.25) is 4.21 Å². The first-order valence-electron chi connectivity index (χ1n) is 8.59. The molecule has 0 amide bonds. The Hall–Kier alpha value is -1.42. The summed E-state index contributed by atoms with van der Waals surface area (Å²) in [7, 11) is -1.28. The molecule has 5 aliphatic rings. The summed E-state index contributed by atoms with van der Waals surface area (Å²) in [5, 5.41) is 0. The van der Waals surface area contributed by atoms with Gasteiger partial charge in [0.15, 0.2) is 4.93 Å². The molecular formula is C19H20O3S. The van der Waals surface area contributed by atoms with Gasteiger partial charge in [-0.05, 0) is 49.5 Å². The van der Waals surface area contributed by atoms with Crippen molar-refractivity contribution in [1.29, 1.82) is 0 Å². The molecule has 1 unspecified atom stereocenters. The molecule has 4 saturated carbocycles. The van der Waals surface area contributed by atoms with Crippen molar-refractivity contribution in [3.63, 3.8) is 0 Å². The van der Waals surface area contributed by atoms with E-state index in [0.717, 1.165) is 43.1 Å². The second-order valence-electron chi connectivity index (χ2n) is 7.59. The van der Waals surface area contributed by atoms with Crippen LogP contribution >= 0.6 is 0 Å². The van der Waals surface area contributed by atoms with E-state index in [1.54, 1.807) is 0 Å². The van der Waals surface area contributed by atoms with E-state index < -0.39 is 15.7 Å². The lowest BCUT2D eigenvalue weighted by molar-refractivity contribution is -0.176. The van der Waals surface area contributed by atoms with E-state index in [1.807, 2.05) is 30.3 Å². The van der Waals surface area contributed by atoms with Gasteiger partial charge in [0.05, 0.1) is 15.7 Å². The Morgan fingerprint density at radius 2 is 1.57 bits per heavy atom. The van der Waals surface area contributed by atoms with Gasteiger partial charge in [-0.15, -0.1) is 0 Å². The van der Waals surface area contributed by atoms with Crippen molar-refractivity contribution >= 4 is 21.7 Å². The molecule has 3 nitrogen and oxygen atoms in total. The zero-order valence-electron chi connectivity index (χ0n) is 12.9. The van der Waals surface area contributed by atoms with Crippen molar-refractivity contribution in [1.82, 2.24) is 0 Å².